The Balaban J connectivity index is 2.06. The third-order valence-corrected chi connectivity index (χ3v) is 3.32. The number of benzene rings is 1. The van der Waals surface area contributed by atoms with Crippen LogP contribution in [0.25, 0.3) is 0 Å². The minimum absolute atomic E-state index is 0.0499. The average Bonchev–Trinajstić information content (AvgIpc) is 3.23. The van der Waals surface area contributed by atoms with Gasteiger partial charge in [0.2, 0.25) is 0 Å². The fraction of sp³-hybridized carbons (Fsp3) is 0.429. The lowest BCUT2D eigenvalue weighted by Crippen LogP contribution is -2.43. The van der Waals surface area contributed by atoms with Gasteiger partial charge in [0.15, 0.2) is 0 Å². The first-order valence-corrected chi connectivity index (χ1v) is 6.54. The number of phenolic OH excluding ortho intramolecular Hbond substituents is 1. The van der Waals surface area contributed by atoms with E-state index in [1.165, 1.54) is 17.0 Å². The Kier molecular flexibility index (Phi) is 4.12. The van der Waals surface area contributed by atoms with E-state index in [1.807, 2.05) is 0 Å². The molecule has 0 aliphatic heterocycles. The van der Waals surface area contributed by atoms with Gasteiger partial charge < -0.3 is 15.1 Å². The molecule has 0 radical (unpaired) electrons. The molecule has 0 heterocycles. The highest BCUT2D eigenvalue weighted by Gasteiger charge is 2.34. The molecule has 1 saturated carbocycles. The van der Waals surface area contributed by atoms with E-state index < -0.39 is 5.97 Å². The van der Waals surface area contributed by atoms with Crippen molar-refractivity contribution in [3.8, 4) is 5.75 Å². The maximum absolute atomic E-state index is 12.4. The Hall–Kier alpha value is -2.24. The van der Waals surface area contributed by atoms with Crippen LogP contribution in [0.1, 0.15) is 19.3 Å². The first kappa shape index (κ1) is 14.2. The number of carbonyl (C=O) groups excluding carboxylic acids is 1. The molecule has 0 bridgehead atoms. The molecule has 1 aromatic carbocycles. The number of hydrogen-bond acceptors (Lipinski definition) is 3. The van der Waals surface area contributed by atoms with E-state index in [2.05, 4.69) is 0 Å². The first-order valence-electron chi connectivity index (χ1n) is 6.54. The number of amides is 2. The summed E-state index contributed by atoms with van der Waals surface area (Å²) >= 11 is 0. The number of carboxylic acid groups (broad SMARTS) is 1. The predicted octanol–water partition coefficient (Wildman–Crippen LogP) is 1.89. The SMILES string of the molecule is CN(C(=O)N(CCC(=O)O)C1CC1)c1ccc(O)cc1. The van der Waals surface area contributed by atoms with Crippen LogP contribution in [0.3, 0.4) is 0 Å². The number of carboxylic acids is 1. The maximum atomic E-state index is 12.4. The Bertz CT molecular complexity index is 496. The molecule has 0 unspecified atom stereocenters. The lowest BCUT2D eigenvalue weighted by atomic mass is 10.3. The molecule has 0 saturated heterocycles. The molecule has 2 N–H and O–H groups in total. The van der Waals surface area contributed by atoms with E-state index in [1.54, 1.807) is 24.1 Å². The van der Waals surface area contributed by atoms with Crippen molar-refractivity contribution in [1.82, 2.24) is 4.90 Å². The molecular formula is C14H18N2O4. The van der Waals surface area contributed by atoms with Gasteiger partial charge in [-0.1, -0.05) is 0 Å². The van der Waals surface area contributed by atoms with Crippen molar-refractivity contribution >= 4 is 17.7 Å². The van der Waals surface area contributed by atoms with Crippen molar-refractivity contribution in [1.29, 1.82) is 0 Å². The summed E-state index contributed by atoms with van der Waals surface area (Å²) in [5.74, 6) is -0.768. The number of phenols is 1. The van der Waals surface area contributed by atoms with E-state index in [4.69, 9.17) is 5.11 Å². The molecule has 6 nitrogen and oxygen atoms in total. The van der Waals surface area contributed by atoms with Gasteiger partial charge in [-0.05, 0) is 37.1 Å². The molecule has 1 aromatic rings. The normalized spacial score (nSPS) is 13.8. The van der Waals surface area contributed by atoms with Crippen LogP contribution in [0.5, 0.6) is 5.75 Å². The van der Waals surface area contributed by atoms with Crippen LogP contribution in [0.15, 0.2) is 24.3 Å². The summed E-state index contributed by atoms with van der Waals surface area (Å²) in [6.07, 6.45) is 1.80. The number of hydrogen-bond donors (Lipinski definition) is 2. The summed E-state index contributed by atoms with van der Waals surface area (Å²) in [4.78, 5) is 26.2. The zero-order chi connectivity index (χ0) is 14.7. The second kappa shape index (κ2) is 5.81. The summed E-state index contributed by atoms with van der Waals surface area (Å²) in [7, 11) is 1.64. The third kappa shape index (κ3) is 3.40. The van der Waals surface area contributed by atoms with E-state index in [0.29, 0.717) is 5.69 Å². The van der Waals surface area contributed by atoms with Crippen molar-refractivity contribution in [2.75, 3.05) is 18.5 Å². The number of urea groups is 1. The number of anilines is 1. The zero-order valence-electron chi connectivity index (χ0n) is 11.3. The highest BCUT2D eigenvalue weighted by molar-refractivity contribution is 5.92. The van der Waals surface area contributed by atoms with Crippen molar-refractivity contribution in [2.45, 2.75) is 25.3 Å². The van der Waals surface area contributed by atoms with Gasteiger partial charge >= 0.3 is 12.0 Å². The molecule has 0 atom stereocenters. The van der Waals surface area contributed by atoms with Crippen molar-refractivity contribution in [3.05, 3.63) is 24.3 Å². The van der Waals surface area contributed by atoms with Gasteiger partial charge in [-0.25, -0.2) is 4.79 Å². The molecule has 108 valence electrons. The van der Waals surface area contributed by atoms with Crippen molar-refractivity contribution in [3.63, 3.8) is 0 Å². The van der Waals surface area contributed by atoms with E-state index >= 15 is 0 Å². The molecule has 0 aromatic heterocycles. The van der Waals surface area contributed by atoms with Gasteiger partial charge in [0.25, 0.3) is 0 Å². The monoisotopic (exact) mass is 278 g/mol. The molecule has 0 spiro atoms. The molecule has 2 amide bonds. The summed E-state index contributed by atoms with van der Waals surface area (Å²) in [5, 5.41) is 18.0. The van der Waals surface area contributed by atoms with Crippen LogP contribution >= 0.6 is 0 Å². The summed E-state index contributed by atoms with van der Waals surface area (Å²) in [5.41, 5.74) is 0.661. The molecule has 1 aliphatic rings. The van der Waals surface area contributed by atoms with Gasteiger partial charge in [0.1, 0.15) is 5.75 Å². The fourth-order valence-electron chi connectivity index (χ4n) is 2.02. The van der Waals surface area contributed by atoms with Gasteiger partial charge in [0, 0.05) is 25.3 Å². The summed E-state index contributed by atoms with van der Waals surface area (Å²) < 4.78 is 0. The second-order valence-electron chi connectivity index (χ2n) is 4.93. The molecule has 1 fully saturated rings. The van der Waals surface area contributed by atoms with Crippen molar-refractivity contribution < 1.29 is 19.8 Å². The quantitative estimate of drug-likeness (QED) is 0.861. The van der Waals surface area contributed by atoms with E-state index in [0.717, 1.165) is 12.8 Å². The standard InChI is InChI=1S/C14H18N2O4/c1-15(10-4-6-12(17)7-5-10)14(20)16(11-2-3-11)9-8-13(18)19/h4-7,11,17H,2-3,8-9H2,1H3,(H,18,19). The Morgan fingerprint density at radius 3 is 2.35 bits per heavy atom. The summed E-state index contributed by atoms with van der Waals surface area (Å²) in [6, 6.07) is 6.27. The van der Waals surface area contributed by atoms with Gasteiger partial charge in [-0.2, -0.15) is 0 Å². The van der Waals surface area contributed by atoms with Crippen LogP contribution in [0.4, 0.5) is 10.5 Å². The largest absolute Gasteiger partial charge is 0.508 e. The van der Waals surface area contributed by atoms with Crippen LogP contribution in [-0.4, -0.2) is 46.7 Å². The Labute approximate surface area is 117 Å². The highest BCUT2D eigenvalue weighted by atomic mass is 16.4. The Morgan fingerprint density at radius 2 is 1.85 bits per heavy atom. The number of aromatic hydroxyl groups is 1. The lowest BCUT2D eigenvalue weighted by molar-refractivity contribution is -0.137. The van der Waals surface area contributed by atoms with Crippen LogP contribution in [-0.2, 0) is 4.79 Å². The van der Waals surface area contributed by atoms with Gasteiger partial charge in [-0.3, -0.25) is 9.69 Å². The fourth-order valence-corrected chi connectivity index (χ4v) is 2.02. The average molecular weight is 278 g/mol. The number of rotatable bonds is 5. The highest BCUT2D eigenvalue weighted by Crippen LogP contribution is 2.29. The number of nitrogens with zero attached hydrogens (tertiary/aromatic N) is 2. The number of aliphatic carboxylic acids is 1. The second-order valence-corrected chi connectivity index (χ2v) is 4.93. The minimum Gasteiger partial charge on any atom is -0.508 e. The third-order valence-electron chi connectivity index (χ3n) is 3.32. The molecule has 1 aliphatic carbocycles. The topological polar surface area (TPSA) is 81.1 Å². The zero-order valence-corrected chi connectivity index (χ0v) is 11.3. The minimum atomic E-state index is -0.907. The Morgan fingerprint density at radius 1 is 1.25 bits per heavy atom. The molecule has 6 heteroatoms. The van der Waals surface area contributed by atoms with Crippen LogP contribution in [0.2, 0.25) is 0 Å². The summed E-state index contributed by atoms with van der Waals surface area (Å²) in [6.45, 7) is 0.223. The van der Waals surface area contributed by atoms with Crippen LogP contribution < -0.4 is 4.90 Å². The van der Waals surface area contributed by atoms with Gasteiger partial charge in [-0.15, -0.1) is 0 Å². The van der Waals surface area contributed by atoms with Gasteiger partial charge in [0.05, 0.1) is 6.42 Å². The predicted molar refractivity (Wildman–Crippen MR) is 73.9 cm³/mol. The molecule has 20 heavy (non-hydrogen) atoms. The first-order chi connectivity index (χ1) is 9.49. The van der Waals surface area contributed by atoms with Crippen LogP contribution in [0, 0.1) is 0 Å². The van der Waals surface area contributed by atoms with E-state index in [9.17, 15) is 14.7 Å². The smallest absolute Gasteiger partial charge is 0.324 e. The maximum Gasteiger partial charge on any atom is 0.324 e. The van der Waals surface area contributed by atoms with Crippen molar-refractivity contribution in [2.24, 2.45) is 0 Å². The van der Waals surface area contributed by atoms with E-state index in [-0.39, 0.29) is 30.8 Å². The number of carbonyl (C=O) groups is 2. The molecular weight excluding hydrogens is 260 g/mol. The lowest BCUT2D eigenvalue weighted by Gasteiger charge is -2.28. The molecule has 2 rings (SSSR count).